The number of hydrogen-bond acceptors (Lipinski definition) is 4. The van der Waals surface area contributed by atoms with Crippen LogP contribution in [0, 0.1) is 12.8 Å². The lowest BCUT2D eigenvalue weighted by molar-refractivity contribution is -0.127. The van der Waals surface area contributed by atoms with E-state index in [1.54, 1.807) is 0 Å². The zero-order valence-corrected chi connectivity index (χ0v) is 15.4. The van der Waals surface area contributed by atoms with Gasteiger partial charge in [-0.3, -0.25) is 14.6 Å². The number of piperidine rings is 2. The molecule has 4 rings (SSSR count). The summed E-state index contributed by atoms with van der Waals surface area (Å²) in [5, 5.41) is 3.20. The third-order valence-corrected chi connectivity index (χ3v) is 6.00. The summed E-state index contributed by atoms with van der Waals surface area (Å²) in [4.78, 5) is 17.5. The van der Waals surface area contributed by atoms with Crippen molar-refractivity contribution in [3.8, 4) is 0 Å². The lowest BCUT2D eigenvalue weighted by Crippen LogP contribution is -2.50. The molecule has 0 radical (unpaired) electrons. The molecule has 5 heteroatoms. The van der Waals surface area contributed by atoms with E-state index in [-0.39, 0.29) is 5.92 Å². The maximum atomic E-state index is 12.4. The molecule has 1 aliphatic carbocycles. The van der Waals surface area contributed by atoms with Crippen LogP contribution in [0.25, 0.3) is 0 Å². The van der Waals surface area contributed by atoms with Crippen molar-refractivity contribution in [3.63, 3.8) is 0 Å². The molecule has 0 aromatic carbocycles. The summed E-state index contributed by atoms with van der Waals surface area (Å²) in [5.41, 5.74) is 0. The summed E-state index contributed by atoms with van der Waals surface area (Å²) in [6, 6.07) is 5.26. The number of rotatable bonds is 5. The molecule has 2 saturated heterocycles. The van der Waals surface area contributed by atoms with Crippen LogP contribution in [0.4, 0.5) is 0 Å². The Morgan fingerprint density at radius 1 is 1.16 bits per heavy atom. The molecule has 1 aromatic heterocycles. The van der Waals surface area contributed by atoms with E-state index in [1.165, 1.54) is 25.7 Å². The highest BCUT2D eigenvalue weighted by molar-refractivity contribution is 5.79. The summed E-state index contributed by atoms with van der Waals surface area (Å²) < 4.78 is 5.71. The van der Waals surface area contributed by atoms with Crippen LogP contribution in [0.1, 0.15) is 50.0 Å². The lowest BCUT2D eigenvalue weighted by Gasteiger charge is -2.41. The zero-order valence-electron chi connectivity index (χ0n) is 15.4. The second-order valence-electron chi connectivity index (χ2n) is 8.14. The summed E-state index contributed by atoms with van der Waals surface area (Å²) >= 11 is 0. The maximum Gasteiger partial charge on any atom is 0.224 e. The number of hydrogen-bond donors (Lipinski definition) is 1. The number of likely N-dealkylation sites (tertiary alicyclic amines) is 2. The highest BCUT2D eigenvalue weighted by atomic mass is 16.3. The molecule has 1 amide bonds. The molecule has 1 saturated carbocycles. The summed E-state index contributed by atoms with van der Waals surface area (Å²) in [6.07, 6.45) is 6.99. The fraction of sp³-hybridized carbons (Fsp3) is 0.750. The number of amides is 1. The number of nitrogens with one attached hydrogen (secondary N) is 1. The van der Waals surface area contributed by atoms with E-state index in [4.69, 9.17) is 4.42 Å². The molecular weight excluding hydrogens is 314 g/mol. The van der Waals surface area contributed by atoms with E-state index < -0.39 is 0 Å². The van der Waals surface area contributed by atoms with E-state index >= 15 is 0 Å². The Labute approximate surface area is 150 Å². The Hall–Kier alpha value is -1.33. The van der Waals surface area contributed by atoms with E-state index in [1.807, 2.05) is 13.0 Å². The monoisotopic (exact) mass is 345 g/mol. The van der Waals surface area contributed by atoms with Crippen LogP contribution < -0.4 is 5.32 Å². The van der Waals surface area contributed by atoms with E-state index in [0.29, 0.717) is 18.0 Å². The van der Waals surface area contributed by atoms with E-state index in [2.05, 4.69) is 21.2 Å². The second-order valence-corrected chi connectivity index (χ2v) is 8.14. The fourth-order valence-corrected chi connectivity index (χ4v) is 4.33. The zero-order chi connectivity index (χ0) is 17.2. The minimum absolute atomic E-state index is 0.207. The molecule has 138 valence electrons. The molecule has 0 spiro atoms. The third-order valence-electron chi connectivity index (χ3n) is 6.00. The third kappa shape index (κ3) is 4.45. The minimum atomic E-state index is 0.207. The Bertz CT molecular complexity index is 588. The second kappa shape index (κ2) is 7.50. The number of carbonyl (C=O) groups is 1. The molecule has 3 heterocycles. The molecular formula is C20H31N3O2. The maximum absolute atomic E-state index is 12.4. The van der Waals surface area contributed by atoms with Crippen LogP contribution in [-0.4, -0.2) is 54.0 Å². The molecule has 1 N–H and O–H groups in total. The average molecular weight is 345 g/mol. The first-order valence-electron chi connectivity index (χ1n) is 9.99. The van der Waals surface area contributed by atoms with E-state index in [9.17, 15) is 4.79 Å². The Kier molecular flexibility index (Phi) is 5.13. The van der Waals surface area contributed by atoms with E-state index in [0.717, 1.165) is 57.1 Å². The standard InChI is InChI=1S/C20H31N3O2/c1-15-4-7-19(25-15)14-22-11-8-18(9-12-22)23-10-2-3-16(13-23)20(24)21-17-5-6-17/h4,7,16-18H,2-3,5-6,8-14H2,1H3,(H,21,24)/t16-/m0/s1. The first-order valence-corrected chi connectivity index (χ1v) is 9.99. The van der Waals surface area contributed by atoms with Crippen LogP contribution >= 0.6 is 0 Å². The van der Waals surface area contributed by atoms with Crippen LogP contribution in [0.2, 0.25) is 0 Å². The highest BCUT2D eigenvalue weighted by Gasteiger charge is 2.33. The Morgan fingerprint density at radius 3 is 2.64 bits per heavy atom. The molecule has 0 unspecified atom stereocenters. The van der Waals surface area contributed by atoms with Gasteiger partial charge in [-0.25, -0.2) is 0 Å². The van der Waals surface area contributed by atoms with Crippen LogP contribution in [0.15, 0.2) is 16.5 Å². The lowest BCUT2D eigenvalue weighted by atomic mass is 9.93. The molecule has 5 nitrogen and oxygen atoms in total. The smallest absolute Gasteiger partial charge is 0.224 e. The Morgan fingerprint density at radius 2 is 1.96 bits per heavy atom. The van der Waals surface area contributed by atoms with Gasteiger partial charge < -0.3 is 9.73 Å². The quantitative estimate of drug-likeness (QED) is 0.891. The largest absolute Gasteiger partial charge is 0.465 e. The minimum Gasteiger partial charge on any atom is -0.465 e. The van der Waals surface area contributed by atoms with Gasteiger partial charge in [0.2, 0.25) is 5.91 Å². The first-order chi connectivity index (χ1) is 12.2. The highest BCUT2D eigenvalue weighted by Crippen LogP contribution is 2.26. The number of nitrogens with zero attached hydrogens (tertiary/aromatic N) is 2. The van der Waals surface area contributed by atoms with Gasteiger partial charge in [0.25, 0.3) is 0 Å². The first kappa shape index (κ1) is 17.1. The van der Waals surface area contributed by atoms with Crippen molar-refractivity contribution in [2.45, 2.75) is 64.1 Å². The SMILES string of the molecule is Cc1ccc(CN2CCC(N3CCC[C@H](C(=O)NC4CC4)C3)CC2)o1. The Balaban J connectivity index is 1.24. The van der Waals surface area contributed by atoms with Crippen LogP contribution in [0.5, 0.6) is 0 Å². The van der Waals surface area contributed by atoms with Gasteiger partial charge in [-0.05, 0) is 64.1 Å². The molecule has 2 aliphatic heterocycles. The van der Waals surface area contributed by atoms with Gasteiger partial charge in [0.05, 0.1) is 12.5 Å². The number of furan rings is 1. The predicted molar refractivity (Wildman–Crippen MR) is 97.2 cm³/mol. The summed E-state index contributed by atoms with van der Waals surface area (Å²) in [5.74, 6) is 2.58. The van der Waals surface area contributed by atoms with Gasteiger partial charge in [-0.15, -0.1) is 0 Å². The van der Waals surface area contributed by atoms with Crippen molar-refractivity contribution in [1.82, 2.24) is 15.1 Å². The summed E-state index contributed by atoms with van der Waals surface area (Å²) in [7, 11) is 0. The molecule has 0 bridgehead atoms. The van der Waals surface area contributed by atoms with Gasteiger partial charge in [-0.2, -0.15) is 0 Å². The molecule has 3 fully saturated rings. The fourth-order valence-electron chi connectivity index (χ4n) is 4.33. The summed E-state index contributed by atoms with van der Waals surface area (Å²) in [6.45, 7) is 7.30. The molecule has 1 aromatic rings. The van der Waals surface area contributed by atoms with Gasteiger partial charge >= 0.3 is 0 Å². The average Bonchev–Trinajstić information content (AvgIpc) is 3.35. The van der Waals surface area contributed by atoms with Crippen molar-refractivity contribution in [2.24, 2.45) is 5.92 Å². The van der Waals surface area contributed by atoms with Gasteiger partial charge in [-0.1, -0.05) is 0 Å². The molecule has 1 atom stereocenters. The predicted octanol–water partition coefficient (Wildman–Crippen LogP) is 2.54. The molecule has 25 heavy (non-hydrogen) atoms. The molecule has 3 aliphatic rings. The van der Waals surface area contributed by atoms with Crippen molar-refractivity contribution in [2.75, 3.05) is 26.2 Å². The van der Waals surface area contributed by atoms with Crippen molar-refractivity contribution in [3.05, 3.63) is 23.7 Å². The number of aryl methyl sites for hydroxylation is 1. The number of carbonyl (C=O) groups excluding carboxylic acids is 1. The normalized spacial score (nSPS) is 26.7. The van der Waals surface area contributed by atoms with Gasteiger partial charge in [0.1, 0.15) is 11.5 Å². The van der Waals surface area contributed by atoms with Crippen LogP contribution in [-0.2, 0) is 11.3 Å². The van der Waals surface area contributed by atoms with Crippen LogP contribution in [0.3, 0.4) is 0 Å². The van der Waals surface area contributed by atoms with Crippen molar-refractivity contribution >= 4 is 5.91 Å². The topological polar surface area (TPSA) is 48.7 Å². The van der Waals surface area contributed by atoms with Gasteiger partial charge in [0.15, 0.2) is 0 Å². The van der Waals surface area contributed by atoms with Gasteiger partial charge in [0, 0.05) is 31.7 Å². The van der Waals surface area contributed by atoms with Crippen molar-refractivity contribution in [1.29, 1.82) is 0 Å². The van der Waals surface area contributed by atoms with Crippen molar-refractivity contribution < 1.29 is 9.21 Å².